The first kappa shape index (κ1) is 14.5. The predicted octanol–water partition coefficient (Wildman–Crippen LogP) is 3.83. The highest BCUT2D eigenvalue weighted by molar-refractivity contribution is 9.10. The number of hydrogen-bond acceptors (Lipinski definition) is 4. The number of hydrogen-bond donors (Lipinski definition) is 1. The van der Waals surface area contributed by atoms with Gasteiger partial charge in [0, 0.05) is 11.3 Å². The lowest BCUT2D eigenvalue weighted by Crippen LogP contribution is -2.21. The van der Waals surface area contributed by atoms with E-state index in [1.165, 1.54) is 32.1 Å². The Morgan fingerprint density at radius 3 is 2.81 bits per heavy atom. The highest BCUT2D eigenvalue weighted by atomic mass is 79.9. The predicted molar refractivity (Wildman–Crippen MR) is 86.7 cm³/mol. The molecular formula is C15H20BrN5. The molecule has 112 valence electrons. The SMILES string of the molecule is CC(C1CCCCC1)n1nnnc1-c1cccc(N)c1Br. The highest BCUT2D eigenvalue weighted by Gasteiger charge is 2.25. The van der Waals surface area contributed by atoms with Gasteiger partial charge in [0.05, 0.1) is 10.5 Å². The molecule has 5 nitrogen and oxygen atoms in total. The zero-order valence-corrected chi connectivity index (χ0v) is 13.8. The van der Waals surface area contributed by atoms with Gasteiger partial charge in [-0.05, 0) is 64.2 Å². The van der Waals surface area contributed by atoms with Gasteiger partial charge in [-0.1, -0.05) is 25.3 Å². The lowest BCUT2D eigenvalue weighted by Gasteiger charge is -2.28. The third-order valence-electron chi connectivity index (χ3n) is 4.48. The maximum atomic E-state index is 5.97. The van der Waals surface area contributed by atoms with Crippen LogP contribution in [0.3, 0.4) is 0 Å². The maximum Gasteiger partial charge on any atom is 0.183 e. The van der Waals surface area contributed by atoms with Crippen LogP contribution in [0.2, 0.25) is 0 Å². The van der Waals surface area contributed by atoms with Crippen molar-refractivity contribution in [2.24, 2.45) is 5.92 Å². The smallest absolute Gasteiger partial charge is 0.183 e. The van der Waals surface area contributed by atoms with Gasteiger partial charge in [0.2, 0.25) is 0 Å². The minimum absolute atomic E-state index is 0.309. The van der Waals surface area contributed by atoms with Crippen LogP contribution in [0.5, 0.6) is 0 Å². The first-order valence-corrected chi connectivity index (χ1v) is 8.30. The summed E-state index contributed by atoms with van der Waals surface area (Å²) in [5.41, 5.74) is 7.62. The van der Waals surface area contributed by atoms with E-state index in [2.05, 4.69) is 38.4 Å². The molecule has 0 bridgehead atoms. The second-order valence-corrected chi connectivity index (χ2v) is 6.59. The highest BCUT2D eigenvalue weighted by Crippen LogP contribution is 2.36. The molecule has 0 amide bonds. The molecule has 1 aromatic carbocycles. The molecule has 3 rings (SSSR count). The number of nitrogens with two attached hydrogens (primary N) is 1. The number of benzene rings is 1. The molecule has 21 heavy (non-hydrogen) atoms. The van der Waals surface area contributed by atoms with E-state index in [0.717, 1.165) is 15.9 Å². The second-order valence-electron chi connectivity index (χ2n) is 5.79. The van der Waals surface area contributed by atoms with Crippen LogP contribution in [-0.4, -0.2) is 20.2 Å². The van der Waals surface area contributed by atoms with Crippen molar-refractivity contribution >= 4 is 21.6 Å². The monoisotopic (exact) mass is 349 g/mol. The fourth-order valence-electron chi connectivity index (χ4n) is 3.18. The third kappa shape index (κ3) is 2.81. The molecule has 0 aliphatic heterocycles. The molecule has 1 aliphatic rings. The minimum Gasteiger partial charge on any atom is -0.398 e. The summed E-state index contributed by atoms with van der Waals surface area (Å²) in [6.07, 6.45) is 6.51. The van der Waals surface area contributed by atoms with E-state index < -0.39 is 0 Å². The summed E-state index contributed by atoms with van der Waals surface area (Å²) in [6, 6.07) is 6.10. The van der Waals surface area contributed by atoms with Gasteiger partial charge in [-0.15, -0.1) is 5.10 Å². The van der Waals surface area contributed by atoms with Crippen molar-refractivity contribution in [2.75, 3.05) is 5.73 Å². The molecule has 0 saturated heterocycles. The van der Waals surface area contributed by atoms with Crippen molar-refractivity contribution < 1.29 is 0 Å². The van der Waals surface area contributed by atoms with Crippen LogP contribution in [0, 0.1) is 5.92 Å². The lowest BCUT2D eigenvalue weighted by molar-refractivity contribution is 0.249. The normalized spacial score (nSPS) is 17.8. The standard InChI is InChI=1S/C15H20BrN5/c1-10(11-6-3-2-4-7-11)21-15(18-19-20-21)12-8-5-9-13(17)14(12)16/h5,8-11H,2-4,6-7,17H2,1H3. The molecular weight excluding hydrogens is 330 g/mol. The second kappa shape index (κ2) is 6.13. The fourth-order valence-corrected chi connectivity index (χ4v) is 3.63. The van der Waals surface area contributed by atoms with Gasteiger partial charge in [-0.2, -0.15) is 0 Å². The van der Waals surface area contributed by atoms with Gasteiger partial charge in [-0.3, -0.25) is 0 Å². The van der Waals surface area contributed by atoms with Gasteiger partial charge < -0.3 is 5.73 Å². The average molecular weight is 350 g/mol. The van der Waals surface area contributed by atoms with Crippen molar-refractivity contribution in [3.63, 3.8) is 0 Å². The van der Waals surface area contributed by atoms with Gasteiger partial charge in [0.1, 0.15) is 0 Å². The summed E-state index contributed by atoms with van der Waals surface area (Å²) >= 11 is 3.55. The molecule has 1 heterocycles. The summed E-state index contributed by atoms with van der Waals surface area (Å²) in [4.78, 5) is 0. The van der Waals surface area contributed by atoms with Crippen LogP contribution in [0.25, 0.3) is 11.4 Å². The Hall–Kier alpha value is -1.43. The number of nitrogens with zero attached hydrogens (tertiary/aromatic N) is 4. The van der Waals surface area contributed by atoms with Gasteiger partial charge in [0.25, 0.3) is 0 Å². The zero-order chi connectivity index (χ0) is 14.8. The van der Waals surface area contributed by atoms with Gasteiger partial charge in [-0.25, -0.2) is 4.68 Å². The summed E-state index contributed by atoms with van der Waals surface area (Å²) < 4.78 is 2.81. The number of nitrogen functional groups attached to an aromatic ring is 1. The van der Waals surface area contributed by atoms with E-state index >= 15 is 0 Å². The molecule has 2 N–H and O–H groups in total. The molecule has 2 aromatic rings. The topological polar surface area (TPSA) is 69.6 Å². The number of rotatable bonds is 3. The van der Waals surface area contributed by atoms with E-state index in [1.54, 1.807) is 0 Å². The Balaban J connectivity index is 1.95. The van der Waals surface area contributed by atoms with Crippen LogP contribution >= 0.6 is 15.9 Å². The number of aromatic nitrogens is 4. The summed E-state index contributed by atoms with van der Waals surface area (Å²) in [6.45, 7) is 2.22. The number of halogens is 1. The van der Waals surface area contributed by atoms with Gasteiger partial charge in [0.15, 0.2) is 5.82 Å². The molecule has 0 radical (unpaired) electrons. The van der Waals surface area contributed by atoms with Crippen molar-refractivity contribution in [2.45, 2.75) is 45.1 Å². The molecule has 6 heteroatoms. The molecule has 1 aromatic heterocycles. The largest absolute Gasteiger partial charge is 0.398 e. The van der Waals surface area contributed by atoms with Crippen molar-refractivity contribution in [1.82, 2.24) is 20.2 Å². The first-order chi connectivity index (χ1) is 10.2. The Morgan fingerprint density at radius 1 is 1.29 bits per heavy atom. The molecule has 1 unspecified atom stereocenters. The van der Waals surface area contributed by atoms with E-state index in [4.69, 9.17) is 5.73 Å². The Kier molecular flexibility index (Phi) is 4.24. The Labute approximate surface area is 133 Å². The Bertz CT molecular complexity index is 618. The minimum atomic E-state index is 0.309. The average Bonchev–Trinajstić information content (AvgIpc) is 2.99. The summed E-state index contributed by atoms with van der Waals surface area (Å²) in [5.74, 6) is 1.44. The molecule has 1 saturated carbocycles. The quantitative estimate of drug-likeness (QED) is 0.855. The fraction of sp³-hybridized carbons (Fsp3) is 0.533. The molecule has 1 fully saturated rings. The van der Waals surface area contributed by atoms with Crippen LogP contribution in [0.4, 0.5) is 5.69 Å². The van der Waals surface area contributed by atoms with Gasteiger partial charge >= 0.3 is 0 Å². The Morgan fingerprint density at radius 2 is 2.05 bits per heavy atom. The van der Waals surface area contributed by atoms with E-state index in [1.807, 2.05) is 22.9 Å². The van der Waals surface area contributed by atoms with Crippen LogP contribution in [0.1, 0.15) is 45.1 Å². The first-order valence-electron chi connectivity index (χ1n) is 7.50. The van der Waals surface area contributed by atoms with Crippen LogP contribution in [-0.2, 0) is 0 Å². The molecule has 1 aliphatic carbocycles. The van der Waals surface area contributed by atoms with Crippen LogP contribution < -0.4 is 5.73 Å². The van der Waals surface area contributed by atoms with E-state index in [-0.39, 0.29) is 0 Å². The van der Waals surface area contributed by atoms with E-state index in [9.17, 15) is 0 Å². The lowest BCUT2D eigenvalue weighted by atomic mass is 9.84. The van der Waals surface area contributed by atoms with E-state index in [0.29, 0.717) is 17.6 Å². The van der Waals surface area contributed by atoms with Crippen molar-refractivity contribution in [3.8, 4) is 11.4 Å². The summed E-state index contributed by atoms with van der Waals surface area (Å²) in [5, 5.41) is 12.3. The zero-order valence-electron chi connectivity index (χ0n) is 12.2. The number of anilines is 1. The third-order valence-corrected chi connectivity index (χ3v) is 5.37. The van der Waals surface area contributed by atoms with Crippen molar-refractivity contribution in [1.29, 1.82) is 0 Å². The van der Waals surface area contributed by atoms with Crippen LogP contribution in [0.15, 0.2) is 22.7 Å². The molecule has 1 atom stereocenters. The maximum absolute atomic E-state index is 5.97. The van der Waals surface area contributed by atoms with Crippen molar-refractivity contribution in [3.05, 3.63) is 22.7 Å². The molecule has 0 spiro atoms. The number of tetrazole rings is 1. The summed E-state index contributed by atoms with van der Waals surface area (Å²) in [7, 11) is 0.